The van der Waals surface area contributed by atoms with E-state index in [0.717, 1.165) is 6.08 Å². The van der Waals surface area contributed by atoms with Gasteiger partial charge >= 0.3 is 6.09 Å². The van der Waals surface area contributed by atoms with Crippen LogP contribution in [0.1, 0.15) is 6.92 Å². The van der Waals surface area contributed by atoms with Crippen molar-refractivity contribution in [3.8, 4) is 0 Å². The summed E-state index contributed by atoms with van der Waals surface area (Å²) in [4.78, 5) is 20.9. The summed E-state index contributed by atoms with van der Waals surface area (Å²) in [5.41, 5.74) is 4.04. The Hall–Kier alpha value is -1.52. The zero-order valence-corrected chi connectivity index (χ0v) is 6.22. The summed E-state index contributed by atoms with van der Waals surface area (Å²) in [5, 5.41) is 0. The maximum atomic E-state index is 10.5. The van der Waals surface area contributed by atoms with Crippen molar-refractivity contribution in [1.29, 1.82) is 0 Å². The number of rotatable bonds is 2. The van der Waals surface area contributed by atoms with Crippen LogP contribution in [0.25, 0.3) is 0 Å². The molecule has 62 valence electrons. The second-order valence-electron chi connectivity index (χ2n) is 1.54. The van der Waals surface area contributed by atoms with Gasteiger partial charge in [0, 0.05) is 0 Å². The monoisotopic (exact) mass is 158 g/mol. The van der Waals surface area contributed by atoms with Crippen LogP contribution >= 0.6 is 0 Å². The van der Waals surface area contributed by atoms with Crippen molar-refractivity contribution in [2.45, 2.75) is 6.92 Å². The van der Waals surface area contributed by atoms with Crippen LogP contribution in [0.5, 0.6) is 0 Å². The molecule has 0 bridgehead atoms. The molecule has 0 unspecified atom stereocenters. The largest absolute Gasteiger partial charge is 0.449 e. The van der Waals surface area contributed by atoms with Crippen molar-refractivity contribution < 1.29 is 14.3 Å². The minimum absolute atomic E-state index is 0.260. The fourth-order valence-electron chi connectivity index (χ4n) is 0.331. The van der Waals surface area contributed by atoms with E-state index in [1.54, 1.807) is 6.92 Å². The molecule has 0 aromatic heterocycles. The van der Waals surface area contributed by atoms with Crippen molar-refractivity contribution in [1.82, 2.24) is 10.9 Å². The average Bonchev–Trinajstić information content (AvgIpc) is 2.01. The van der Waals surface area contributed by atoms with E-state index in [-0.39, 0.29) is 6.61 Å². The molecule has 0 aliphatic rings. The molecular formula is C6H10N2O3. The van der Waals surface area contributed by atoms with E-state index in [0.29, 0.717) is 0 Å². The lowest BCUT2D eigenvalue weighted by Crippen LogP contribution is -2.40. The second kappa shape index (κ2) is 5.28. The Kier molecular flexibility index (Phi) is 4.55. The van der Waals surface area contributed by atoms with E-state index in [1.165, 1.54) is 0 Å². The molecule has 0 atom stereocenters. The van der Waals surface area contributed by atoms with Crippen LogP contribution in [0.2, 0.25) is 0 Å². The fraction of sp³-hybridized carbons (Fsp3) is 0.333. The first-order valence-corrected chi connectivity index (χ1v) is 3.06. The zero-order chi connectivity index (χ0) is 8.69. The van der Waals surface area contributed by atoms with Gasteiger partial charge in [-0.3, -0.25) is 10.2 Å². The number of hydrogen-bond donors (Lipinski definition) is 2. The average molecular weight is 158 g/mol. The molecule has 0 heterocycles. The molecule has 0 aliphatic heterocycles. The van der Waals surface area contributed by atoms with E-state index >= 15 is 0 Å². The summed E-state index contributed by atoms with van der Waals surface area (Å²) in [7, 11) is 0. The lowest BCUT2D eigenvalue weighted by Gasteiger charge is -2.03. The Morgan fingerprint density at radius 2 is 2.18 bits per heavy atom. The molecule has 0 aromatic carbocycles. The highest BCUT2D eigenvalue weighted by Gasteiger charge is 1.99. The van der Waals surface area contributed by atoms with Gasteiger partial charge in [0.25, 0.3) is 5.91 Å². The highest BCUT2D eigenvalue weighted by molar-refractivity contribution is 5.88. The normalized spacial score (nSPS) is 8.09. The quantitative estimate of drug-likeness (QED) is 0.437. The van der Waals surface area contributed by atoms with E-state index in [2.05, 4.69) is 11.3 Å². The molecule has 2 amide bonds. The Morgan fingerprint density at radius 1 is 1.55 bits per heavy atom. The molecule has 11 heavy (non-hydrogen) atoms. The van der Waals surface area contributed by atoms with Crippen molar-refractivity contribution >= 4 is 12.0 Å². The molecule has 0 rings (SSSR count). The number of hydrazine groups is 1. The predicted octanol–water partition coefficient (Wildman–Crippen LogP) is -0.0503. The lowest BCUT2D eigenvalue weighted by molar-refractivity contribution is -0.117. The first-order valence-electron chi connectivity index (χ1n) is 3.06. The van der Waals surface area contributed by atoms with E-state index in [4.69, 9.17) is 0 Å². The molecule has 5 nitrogen and oxygen atoms in total. The van der Waals surface area contributed by atoms with Crippen LogP contribution in [-0.4, -0.2) is 18.6 Å². The number of carbonyl (C=O) groups excluding carboxylic acids is 2. The van der Waals surface area contributed by atoms with Gasteiger partial charge < -0.3 is 4.74 Å². The predicted molar refractivity (Wildman–Crippen MR) is 38.5 cm³/mol. The van der Waals surface area contributed by atoms with Crippen molar-refractivity contribution in [3.63, 3.8) is 0 Å². The van der Waals surface area contributed by atoms with Crippen LogP contribution in [0.3, 0.4) is 0 Å². The smallest absolute Gasteiger partial charge is 0.426 e. The van der Waals surface area contributed by atoms with Gasteiger partial charge in [-0.05, 0) is 13.0 Å². The molecular weight excluding hydrogens is 148 g/mol. The van der Waals surface area contributed by atoms with Crippen LogP contribution < -0.4 is 10.9 Å². The van der Waals surface area contributed by atoms with Crippen LogP contribution in [-0.2, 0) is 9.53 Å². The Bertz CT molecular complexity index is 167. The third kappa shape index (κ3) is 4.95. The number of carbonyl (C=O) groups is 2. The maximum Gasteiger partial charge on any atom is 0.426 e. The van der Waals surface area contributed by atoms with Crippen LogP contribution in [0.4, 0.5) is 4.79 Å². The summed E-state index contributed by atoms with van der Waals surface area (Å²) in [6.07, 6.45) is 0.342. The van der Waals surface area contributed by atoms with E-state index in [1.807, 2.05) is 10.9 Å². The fourth-order valence-corrected chi connectivity index (χ4v) is 0.331. The SMILES string of the molecule is C=CC(=O)NNC(=O)OCC. The topological polar surface area (TPSA) is 67.4 Å². The van der Waals surface area contributed by atoms with Gasteiger partial charge in [0.1, 0.15) is 0 Å². The van der Waals surface area contributed by atoms with Gasteiger partial charge in [0.2, 0.25) is 0 Å². The van der Waals surface area contributed by atoms with Crippen molar-refractivity contribution in [2.75, 3.05) is 6.61 Å². The summed E-state index contributed by atoms with van der Waals surface area (Å²) in [6, 6.07) is 0. The number of hydrogen-bond acceptors (Lipinski definition) is 3. The van der Waals surface area contributed by atoms with Gasteiger partial charge in [-0.2, -0.15) is 0 Å². The zero-order valence-electron chi connectivity index (χ0n) is 6.22. The van der Waals surface area contributed by atoms with Gasteiger partial charge in [-0.15, -0.1) is 0 Å². The highest BCUT2D eigenvalue weighted by atomic mass is 16.5. The lowest BCUT2D eigenvalue weighted by atomic mass is 10.6. The Morgan fingerprint density at radius 3 is 2.64 bits per heavy atom. The summed E-state index contributed by atoms with van der Waals surface area (Å²) in [5.74, 6) is -0.488. The number of nitrogens with one attached hydrogen (secondary N) is 2. The molecule has 5 heteroatoms. The molecule has 0 fully saturated rings. The minimum Gasteiger partial charge on any atom is -0.449 e. The van der Waals surface area contributed by atoms with Crippen LogP contribution in [0.15, 0.2) is 12.7 Å². The number of ether oxygens (including phenoxy) is 1. The molecule has 2 N–H and O–H groups in total. The third-order valence-corrected chi connectivity index (χ3v) is 0.749. The molecule has 0 radical (unpaired) electrons. The molecule has 0 saturated carbocycles. The summed E-state index contributed by atoms with van der Waals surface area (Å²) < 4.78 is 4.44. The Balaban J connectivity index is 3.45. The number of amides is 2. The van der Waals surface area contributed by atoms with Gasteiger partial charge in [0.15, 0.2) is 0 Å². The van der Waals surface area contributed by atoms with Gasteiger partial charge in [-0.1, -0.05) is 6.58 Å². The van der Waals surface area contributed by atoms with E-state index in [9.17, 15) is 9.59 Å². The highest BCUT2D eigenvalue weighted by Crippen LogP contribution is 1.72. The first kappa shape index (κ1) is 9.48. The Labute approximate surface area is 64.4 Å². The van der Waals surface area contributed by atoms with Crippen LogP contribution in [0, 0.1) is 0 Å². The second-order valence-corrected chi connectivity index (χ2v) is 1.54. The minimum atomic E-state index is -0.692. The van der Waals surface area contributed by atoms with Crippen molar-refractivity contribution in [3.05, 3.63) is 12.7 Å². The maximum absolute atomic E-state index is 10.5. The van der Waals surface area contributed by atoms with Crippen molar-refractivity contribution in [2.24, 2.45) is 0 Å². The summed E-state index contributed by atoms with van der Waals surface area (Å²) >= 11 is 0. The molecule has 0 aromatic rings. The van der Waals surface area contributed by atoms with Gasteiger partial charge in [0.05, 0.1) is 6.61 Å². The third-order valence-electron chi connectivity index (χ3n) is 0.749. The molecule has 0 saturated heterocycles. The molecule has 0 spiro atoms. The summed E-state index contributed by atoms with van der Waals surface area (Å²) in [6.45, 7) is 5.10. The molecule has 0 aliphatic carbocycles. The standard InChI is InChI=1S/C6H10N2O3/c1-3-5(9)7-8-6(10)11-4-2/h3H,1,4H2,2H3,(H,7,9)(H,8,10). The van der Waals surface area contributed by atoms with Gasteiger partial charge in [-0.25, -0.2) is 10.2 Å². The first-order chi connectivity index (χ1) is 5.20. The van der Waals surface area contributed by atoms with E-state index < -0.39 is 12.0 Å².